The monoisotopic (exact) mass is 290 g/mol. The van der Waals surface area contributed by atoms with Crippen molar-refractivity contribution in [2.24, 2.45) is 0 Å². The quantitative estimate of drug-likeness (QED) is 0.812. The molecule has 5 nitrogen and oxygen atoms in total. The van der Waals surface area contributed by atoms with Crippen LogP contribution in [0.15, 0.2) is 30.9 Å². The van der Waals surface area contributed by atoms with Crippen LogP contribution in [-0.2, 0) is 11.0 Å². The molecule has 0 spiro atoms. The molecule has 6 heteroatoms. The summed E-state index contributed by atoms with van der Waals surface area (Å²) in [7, 11) is -1.73. The SMILES string of the molecule is CC(C)(C)[Si](C)(C)OCc1cnc(-n2cccn2)nc1. The molecule has 0 aromatic carbocycles. The lowest BCUT2D eigenvalue weighted by molar-refractivity contribution is 0.275. The molecular weight excluding hydrogens is 268 g/mol. The van der Waals surface area contributed by atoms with Crippen LogP contribution < -0.4 is 0 Å². The van der Waals surface area contributed by atoms with E-state index in [-0.39, 0.29) is 5.04 Å². The minimum atomic E-state index is -1.73. The summed E-state index contributed by atoms with van der Waals surface area (Å²) in [6.45, 7) is 11.7. The topological polar surface area (TPSA) is 52.8 Å². The van der Waals surface area contributed by atoms with Crippen LogP contribution in [0.2, 0.25) is 18.1 Å². The Kier molecular flexibility index (Phi) is 4.05. The predicted octanol–water partition coefficient (Wildman–Crippen LogP) is 3.18. The average molecular weight is 290 g/mol. The number of nitrogens with zero attached hydrogens (tertiary/aromatic N) is 4. The van der Waals surface area contributed by atoms with E-state index >= 15 is 0 Å². The first-order valence-electron chi connectivity index (χ1n) is 6.74. The molecule has 0 fully saturated rings. The average Bonchev–Trinajstić information content (AvgIpc) is 2.89. The molecule has 0 atom stereocenters. The Labute approximate surface area is 121 Å². The predicted molar refractivity (Wildman–Crippen MR) is 81.1 cm³/mol. The van der Waals surface area contributed by atoms with Crippen LogP contribution in [0.3, 0.4) is 0 Å². The second-order valence-electron chi connectivity index (χ2n) is 6.39. The second-order valence-corrected chi connectivity index (χ2v) is 11.2. The highest BCUT2D eigenvalue weighted by atomic mass is 28.4. The van der Waals surface area contributed by atoms with E-state index in [0.29, 0.717) is 12.6 Å². The molecule has 2 rings (SSSR count). The highest BCUT2D eigenvalue weighted by molar-refractivity contribution is 6.74. The van der Waals surface area contributed by atoms with Crippen LogP contribution in [-0.4, -0.2) is 28.1 Å². The molecule has 0 bridgehead atoms. The highest BCUT2D eigenvalue weighted by Gasteiger charge is 2.37. The minimum absolute atomic E-state index is 0.211. The van der Waals surface area contributed by atoms with Crippen molar-refractivity contribution in [3.63, 3.8) is 0 Å². The Morgan fingerprint density at radius 1 is 1.20 bits per heavy atom. The van der Waals surface area contributed by atoms with Gasteiger partial charge in [0.25, 0.3) is 0 Å². The van der Waals surface area contributed by atoms with Crippen LogP contribution in [0.25, 0.3) is 5.95 Å². The molecule has 0 unspecified atom stereocenters. The Morgan fingerprint density at radius 2 is 1.85 bits per heavy atom. The van der Waals surface area contributed by atoms with E-state index in [9.17, 15) is 0 Å². The molecule has 2 aromatic heterocycles. The van der Waals surface area contributed by atoms with Crippen LogP contribution >= 0.6 is 0 Å². The summed E-state index contributed by atoms with van der Waals surface area (Å²) >= 11 is 0. The summed E-state index contributed by atoms with van der Waals surface area (Å²) < 4.78 is 7.78. The van der Waals surface area contributed by atoms with E-state index in [4.69, 9.17) is 4.43 Å². The molecule has 0 N–H and O–H groups in total. The first kappa shape index (κ1) is 14.9. The molecule has 2 heterocycles. The third-order valence-electron chi connectivity index (χ3n) is 3.81. The van der Waals surface area contributed by atoms with Crippen LogP contribution in [0, 0.1) is 0 Å². The number of hydrogen-bond acceptors (Lipinski definition) is 4. The third-order valence-corrected chi connectivity index (χ3v) is 8.29. The van der Waals surface area contributed by atoms with Gasteiger partial charge in [-0.2, -0.15) is 5.10 Å². The Bertz CT molecular complexity index is 544. The zero-order chi connectivity index (χ0) is 14.8. The fourth-order valence-electron chi connectivity index (χ4n) is 1.41. The lowest BCUT2D eigenvalue weighted by atomic mass is 10.2. The normalized spacial score (nSPS) is 12.7. The van der Waals surface area contributed by atoms with E-state index in [2.05, 4.69) is 48.9 Å². The zero-order valence-electron chi connectivity index (χ0n) is 12.8. The van der Waals surface area contributed by atoms with Gasteiger partial charge in [-0.3, -0.25) is 0 Å². The third kappa shape index (κ3) is 3.32. The fraction of sp³-hybridized carbons (Fsp3) is 0.500. The van der Waals surface area contributed by atoms with Gasteiger partial charge in [-0.05, 0) is 24.2 Å². The van der Waals surface area contributed by atoms with E-state index < -0.39 is 8.32 Å². The molecule has 0 aliphatic carbocycles. The zero-order valence-corrected chi connectivity index (χ0v) is 13.8. The van der Waals surface area contributed by atoms with E-state index in [1.54, 1.807) is 23.3 Å². The lowest BCUT2D eigenvalue weighted by Gasteiger charge is -2.36. The fourth-order valence-corrected chi connectivity index (χ4v) is 2.37. The molecule has 20 heavy (non-hydrogen) atoms. The van der Waals surface area contributed by atoms with Crippen molar-refractivity contribution < 1.29 is 4.43 Å². The van der Waals surface area contributed by atoms with Gasteiger partial charge >= 0.3 is 0 Å². The van der Waals surface area contributed by atoms with E-state index in [0.717, 1.165) is 5.56 Å². The Morgan fingerprint density at radius 3 is 2.35 bits per heavy atom. The molecule has 2 aromatic rings. The van der Waals surface area contributed by atoms with Gasteiger partial charge in [0.2, 0.25) is 5.95 Å². The maximum atomic E-state index is 6.15. The Balaban J connectivity index is 2.02. The van der Waals surface area contributed by atoms with Gasteiger partial charge in [0.1, 0.15) is 0 Å². The largest absolute Gasteiger partial charge is 0.412 e. The van der Waals surface area contributed by atoms with Gasteiger partial charge < -0.3 is 4.43 Å². The van der Waals surface area contributed by atoms with Gasteiger partial charge in [0, 0.05) is 30.4 Å². The molecule has 0 saturated heterocycles. The van der Waals surface area contributed by atoms with Gasteiger partial charge in [-0.15, -0.1) is 0 Å². The summed E-state index contributed by atoms with van der Waals surface area (Å²) in [6.07, 6.45) is 7.13. The number of hydrogen-bond donors (Lipinski definition) is 0. The maximum Gasteiger partial charge on any atom is 0.250 e. The van der Waals surface area contributed by atoms with Crippen molar-refractivity contribution in [1.29, 1.82) is 0 Å². The van der Waals surface area contributed by atoms with Crippen LogP contribution in [0.5, 0.6) is 0 Å². The summed E-state index contributed by atoms with van der Waals surface area (Å²) in [4.78, 5) is 8.62. The van der Waals surface area contributed by atoms with Crippen LogP contribution in [0.1, 0.15) is 26.3 Å². The molecule has 0 amide bonds. The lowest BCUT2D eigenvalue weighted by Crippen LogP contribution is -2.40. The standard InChI is InChI=1S/C14H22N4OSi/c1-14(2,3)20(4,5)19-11-12-9-15-13(16-10-12)18-8-6-7-17-18/h6-10H,11H2,1-5H3. The van der Waals surface area contributed by atoms with E-state index in [1.807, 2.05) is 12.3 Å². The van der Waals surface area contributed by atoms with Crippen molar-refractivity contribution >= 4 is 8.32 Å². The van der Waals surface area contributed by atoms with Gasteiger partial charge in [0.05, 0.1) is 6.61 Å². The maximum absolute atomic E-state index is 6.15. The first-order chi connectivity index (χ1) is 9.29. The van der Waals surface area contributed by atoms with Gasteiger partial charge in [-0.1, -0.05) is 20.8 Å². The van der Waals surface area contributed by atoms with Crippen molar-refractivity contribution in [3.05, 3.63) is 36.4 Å². The number of aromatic nitrogens is 4. The first-order valence-corrected chi connectivity index (χ1v) is 9.65. The van der Waals surface area contributed by atoms with Crippen LogP contribution in [0.4, 0.5) is 0 Å². The summed E-state index contributed by atoms with van der Waals surface area (Å²) in [5, 5.41) is 4.31. The van der Waals surface area contributed by atoms with Gasteiger partial charge in [-0.25, -0.2) is 14.6 Å². The minimum Gasteiger partial charge on any atom is -0.412 e. The van der Waals surface area contributed by atoms with Crippen molar-refractivity contribution in [2.45, 2.75) is 45.5 Å². The summed E-state index contributed by atoms with van der Waals surface area (Å²) in [5.74, 6) is 0.575. The smallest absolute Gasteiger partial charge is 0.250 e. The Hall–Kier alpha value is -1.53. The van der Waals surface area contributed by atoms with Crippen molar-refractivity contribution in [2.75, 3.05) is 0 Å². The second kappa shape index (κ2) is 5.45. The molecule has 0 saturated carbocycles. The molecular formula is C14H22N4OSi. The van der Waals surface area contributed by atoms with E-state index in [1.165, 1.54) is 0 Å². The van der Waals surface area contributed by atoms with Gasteiger partial charge in [0.15, 0.2) is 8.32 Å². The molecule has 108 valence electrons. The highest BCUT2D eigenvalue weighted by Crippen LogP contribution is 2.36. The molecule has 0 radical (unpaired) electrons. The molecule has 0 aliphatic rings. The summed E-state index contributed by atoms with van der Waals surface area (Å²) in [5.41, 5.74) is 0.991. The molecule has 0 aliphatic heterocycles. The number of rotatable bonds is 4. The summed E-state index contributed by atoms with van der Waals surface area (Å²) in [6, 6.07) is 1.85. The van der Waals surface area contributed by atoms with Crippen molar-refractivity contribution in [1.82, 2.24) is 19.7 Å². The van der Waals surface area contributed by atoms with Crippen molar-refractivity contribution in [3.8, 4) is 5.95 Å².